The minimum Gasteiger partial charge on any atom is -0.396 e. The number of piperidine rings is 1. The fourth-order valence-electron chi connectivity index (χ4n) is 2.76. The van der Waals surface area contributed by atoms with Crippen LogP contribution in [-0.4, -0.2) is 47.6 Å². The van der Waals surface area contributed by atoms with E-state index < -0.39 is 0 Å². The summed E-state index contributed by atoms with van der Waals surface area (Å²) < 4.78 is 0. The second-order valence-electron chi connectivity index (χ2n) is 6.24. The van der Waals surface area contributed by atoms with Crippen LogP contribution in [0.15, 0.2) is 24.3 Å². The molecule has 22 heavy (non-hydrogen) atoms. The van der Waals surface area contributed by atoms with Crippen LogP contribution in [0.3, 0.4) is 0 Å². The van der Waals surface area contributed by atoms with Crippen molar-refractivity contribution in [3.63, 3.8) is 0 Å². The Hall–Kier alpha value is -1.88. The van der Waals surface area contributed by atoms with E-state index in [0.717, 1.165) is 25.7 Å². The molecular weight excluding hydrogens is 280 g/mol. The van der Waals surface area contributed by atoms with Crippen LogP contribution in [0.1, 0.15) is 46.4 Å². The normalized spacial score (nSPS) is 19.0. The van der Waals surface area contributed by atoms with Crippen LogP contribution in [0.5, 0.6) is 0 Å². The Morgan fingerprint density at radius 1 is 1.05 bits per heavy atom. The average Bonchev–Trinajstić information content (AvgIpc) is 3.38. The van der Waals surface area contributed by atoms with Gasteiger partial charge in [0.2, 0.25) is 0 Å². The summed E-state index contributed by atoms with van der Waals surface area (Å²) >= 11 is 0. The van der Waals surface area contributed by atoms with Gasteiger partial charge in [0.15, 0.2) is 0 Å². The summed E-state index contributed by atoms with van der Waals surface area (Å²) in [6.45, 7) is 1.58. The molecule has 0 atom stereocenters. The number of carbonyl (C=O) groups is 2. The molecule has 2 N–H and O–H groups in total. The average molecular weight is 302 g/mol. The van der Waals surface area contributed by atoms with Crippen LogP contribution in [0, 0.1) is 5.92 Å². The van der Waals surface area contributed by atoms with Gasteiger partial charge in [0.05, 0.1) is 0 Å². The fourth-order valence-corrected chi connectivity index (χ4v) is 2.76. The maximum absolute atomic E-state index is 12.4. The number of benzene rings is 1. The van der Waals surface area contributed by atoms with Crippen molar-refractivity contribution in [1.82, 2.24) is 10.2 Å². The maximum Gasteiger partial charge on any atom is 0.253 e. The summed E-state index contributed by atoms with van der Waals surface area (Å²) in [6.07, 6.45) is 3.83. The zero-order chi connectivity index (χ0) is 15.5. The second kappa shape index (κ2) is 6.48. The largest absolute Gasteiger partial charge is 0.396 e. The molecule has 1 saturated carbocycles. The first kappa shape index (κ1) is 15.0. The fraction of sp³-hybridized carbons (Fsp3) is 0.529. The number of hydrogen-bond acceptors (Lipinski definition) is 3. The molecule has 2 amide bonds. The Labute approximate surface area is 130 Å². The minimum atomic E-state index is -0.0646. The van der Waals surface area contributed by atoms with Crippen LogP contribution in [-0.2, 0) is 0 Å². The summed E-state index contributed by atoms with van der Waals surface area (Å²) in [5.74, 6) is 0.258. The molecule has 2 aliphatic rings. The lowest BCUT2D eigenvalue weighted by atomic mass is 9.97. The van der Waals surface area contributed by atoms with Gasteiger partial charge >= 0.3 is 0 Å². The predicted octanol–water partition coefficient (Wildman–Crippen LogP) is 1.42. The monoisotopic (exact) mass is 302 g/mol. The summed E-state index contributed by atoms with van der Waals surface area (Å²) in [7, 11) is 0. The lowest BCUT2D eigenvalue weighted by Gasteiger charge is -2.31. The van der Waals surface area contributed by atoms with Crippen molar-refractivity contribution < 1.29 is 14.7 Å². The third-order valence-electron chi connectivity index (χ3n) is 4.47. The van der Waals surface area contributed by atoms with E-state index in [9.17, 15) is 9.59 Å². The van der Waals surface area contributed by atoms with Crippen LogP contribution in [0.4, 0.5) is 0 Å². The molecule has 5 nitrogen and oxygen atoms in total. The molecule has 1 aromatic carbocycles. The van der Waals surface area contributed by atoms with Gasteiger partial charge in [-0.3, -0.25) is 9.59 Å². The van der Waals surface area contributed by atoms with E-state index >= 15 is 0 Å². The highest BCUT2D eigenvalue weighted by Gasteiger charge is 2.25. The first-order valence-corrected chi connectivity index (χ1v) is 7.98. The zero-order valence-electron chi connectivity index (χ0n) is 12.6. The Balaban J connectivity index is 1.59. The van der Waals surface area contributed by atoms with E-state index in [4.69, 9.17) is 5.11 Å². The molecule has 5 heteroatoms. The number of carbonyl (C=O) groups excluding carboxylic acids is 2. The SMILES string of the molecule is O=C(NC1CC1)c1ccc(C(=O)N2CCC(CO)CC2)cc1. The minimum absolute atomic E-state index is 0.00513. The van der Waals surface area contributed by atoms with Gasteiger partial charge in [-0.25, -0.2) is 0 Å². The lowest BCUT2D eigenvalue weighted by Crippen LogP contribution is -2.39. The molecule has 0 spiro atoms. The van der Waals surface area contributed by atoms with Crippen LogP contribution in [0.2, 0.25) is 0 Å². The molecule has 2 fully saturated rings. The van der Waals surface area contributed by atoms with Crippen LogP contribution >= 0.6 is 0 Å². The van der Waals surface area contributed by atoms with Crippen molar-refractivity contribution in [2.75, 3.05) is 19.7 Å². The molecule has 0 aromatic heterocycles. The van der Waals surface area contributed by atoms with E-state index in [2.05, 4.69) is 5.32 Å². The number of nitrogens with zero attached hydrogens (tertiary/aromatic N) is 1. The number of nitrogens with one attached hydrogen (secondary N) is 1. The van der Waals surface area contributed by atoms with Gasteiger partial charge in [0.25, 0.3) is 11.8 Å². The van der Waals surface area contributed by atoms with Gasteiger partial charge in [-0.2, -0.15) is 0 Å². The quantitative estimate of drug-likeness (QED) is 0.884. The molecular formula is C17H22N2O3. The predicted molar refractivity (Wildman–Crippen MR) is 82.6 cm³/mol. The molecule has 1 aliphatic carbocycles. The summed E-state index contributed by atoms with van der Waals surface area (Å²) in [4.78, 5) is 26.2. The third-order valence-corrected chi connectivity index (χ3v) is 4.47. The Kier molecular flexibility index (Phi) is 4.43. The van der Waals surface area contributed by atoms with Gasteiger partial charge < -0.3 is 15.3 Å². The maximum atomic E-state index is 12.4. The van der Waals surface area contributed by atoms with Crippen molar-refractivity contribution in [1.29, 1.82) is 0 Å². The standard InChI is InChI=1S/C17H22N2O3/c20-11-12-7-9-19(10-8-12)17(22)14-3-1-13(2-4-14)16(21)18-15-5-6-15/h1-4,12,15,20H,5-11H2,(H,18,21). The summed E-state index contributed by atoms with van der Waals surface area (Å²) in [6, 6.07) is 7.21. The molecule has 1 heterocycles. The van der Waals surface area contributed by atoms with E-state index in [1.807, 2.05) is 4.90 Å². The molecule has 1 aromatic rings. The molecule has 1 aliphatic heterocycles. The Morgan fingerprint density at radius 2 is 1.64 bits per heavy atom. The first-order chi connectivity index (χ1) is 10.7. The molecule has 0 radical (unpaired) electrons. The summed E-state index contributed by atoms with van der Waals surface area (Å²) in [5.41, 5.74) is 1.22. The van der Waals surface area contributed by atoms with Crippen molar-refractivity contribution >= 4 is 11.8 Å². The number of amides is 2. The molecule has 3 rings (SSSR count). The van der Waals surface area contributed by atoms with E-state index in [-0.39, 0.29) is 18.4 Å². The van der Waals surface area contributed by atoms with Crippen LogP contribution < -0.4 is 5.32 Å². The van der Waals surface area contributed by atoms with E-state index in [1.165, 1.54) is 0 Å². The number of aliphatic hydroxyl groups is 1. The van der Waals surface area contributed by atoms with Gasteiger partial charge in [-0.05, 0) is 55.9 Å². The molecule has 118 valence electrons. The van der Waals surface area contributed by atoms with E-state index in [1.54, 1.807) is 24.3 Å². The lowest BCUT2D eigenvalue weighted by molar-refractivity contribution is 0.0650. The van der Waals surface area contributed by atoms with Gasteiger partial charge in [-0.1, -0.05) is 0 Å². The number of hydrogen-bond donors (Lipinski definition) is 2. The van der Waals surface area contributed by atoms with Gasteiger partial charge in [0.1, 0.15) is 0 Å². The molecule has 0 unspecified atom stereocenters. The highest BCUT2D eigenvalue weighted by Crippen LogP contribution is 2.20. The Morgan fingerprint density at radius 3 is 2.18 bits per heavy atom. The highest BCUT2D eigenvalue weighted by molar-refractivity contribution is 5.98. The van der Waals surface area contributed by atoms with E-state index in [0.29, 0.717) is 36.2 Å². The summed E-state index contributed by atoms with van der Waals surface area (Å²) in [5, 5.41) is 12.1. The highest BCUT2D eigenvalue weighted by atomic mass is 16.3. The number of likely N-dealkylation sites (tertiary alicyclic amines) is 1. The van der Waals surface area contributed by atoms with Crippen molar-refractivity contribution in [2.24, 2.45) is 5.92 Å². The van der Waals surface area contributed by atoms with Gasteiger partial charge in [-0.15, -0.1) is 0 Å². The zero-order valence-corrected chi connectivity index (χ0v) is 12.6. The molecule has 1 saturated heterocycles. The van der Waals surface area contributed by atoms with Crippen molar-refractivity contribution in [2.45, 2.75) is 31.7 Å². The van der Waals surface area contributed by atoms with Crippen molar-refractivity contribution in [3.05, 3.63) is 35.4 Å². The Bertz CT molecular complexity index is 544. The van der Waals surface area contributed by atoms with Crippen molar-refractivity contribution in [3.8, 4) is 0 Å². The third kappa shape index (κ3) is 3.47. The van der Waals surface area contributed by atoms with Crippen LogP contribution in [0.25, 0.3) is 0 Å². The first-order valence-electron chi connectivity index (χ1n) is 7.98. The number of aliphatic hydroxyl groups excluding tert-OH is 1. The topological polar surface area (TPSA) is 69.6 Å². The second-order valence-corrected chi connectivity index (χ2v) is 6.24. The smallest absolute Gasteiger partial charge is 0.253 e. The van der Waals surface area contributed by atoms with Gasteiger partial charge in [0, 0.05) is 36.9 Å². The molecule has 0 bridgehead atoms. The number of rotatable bonds is 4.